The number of rotatable bonds is 0. The summed E-state index contributed by atoms with van der Waals surface area (Å²) in [5.74, 6) is 1.97. The molecule has 54 valence electrons. The van der Waals surface area contributed by atoms with Gasteiger partial charge in [-0.15, -0.1) is 6.42 Å². The van der Waals surface area contributed by atoms with Gasteiger partial charge in [0.15, 0.2) is 0 Å². The van der Waals surface area contributed by atoms with Crippen LogP contribution in [0.15, 0.2) is 0 Å². The van der Waals surface area contributed by atoms with E-state index in [4.69, 9.17) is 6.42 Å². The van der Waals surface area contributed by atoms with Crippen molar-refractivity contribution in [2.24, 2.45) is 0 Å². The van der Waals surface area contributed by atoms with Crippen molar-refractivity contribution in [3.8, 4) is 12.3 Å². The Balaban J connectivity index is 2.40. The number of carbonyl (C=O) groups excluding carboxylic acids is 1. The average molecular weight is 137 g/mol. The molecule has 1 aliphatic rings. The molecule has 0 aromatic heterocycles. The third-order valence-corrected chi connectivity index (χ3v) is 1.77. The van der Waals surface area contributed by atoms with Crippen molar-refractivity contribution >= 4 is 5.91 Å². The van der Waals surface area contributed by atoms with Gasteiger partial charge in [0.1, 0.15) is 0 Å². The highest BCUT2D eigenvalue weighted by molar-refractivity contribution is 5.92. The van der Waals surface area contributed by atoms with Gasteiger partial charge in [0, 0.05) is 13.1 Å². The minimum absolute atomic E-state index is 0.153. The second kappa shape index (κ2) is 3.26. The molecule has 1 rings (SSSR count). The van der Waals surface area contributed by atoms with Gasteiger partial charge in [-0.3, -0.25) is 4.79 Å². The summed E-state index contributed by atoms with van der Waals surface area (Å²) in [5.41, 5.74) is 0. The third kappa shape index (κ3) is 1.51. The molecule has 0 unspecified atom stereocenters. The number of hydrogen-bond donors (Lipinski definition) is 0. The predicted molar refractivity (Wildman–Crippen MR) is 39.3 cm³/mol. The Morgan fingerprint density at radius 2 is 1.90 bits per heavy atom. The van der Waals surface area contributed by atoms with Gasteiger partial charge in [0.2, 0.25) is 0 Å². The summed E-state index contributed by atoms with van der Waals surface area (Å²) in [6.07, 6.45) is 8.40. The molecular formula is C8H11NO. The van der Waals surface area contributed by atoms with Crippen molar-refractivity contribution in [1.82, 2.24) is 4.90 Å². The Morgan fingerprint density at radius 3 is 2.40 bits per heavy atom. The quantitative estimate of drug-likeness (QED) is 0.448. The Kier molecular flexibility index (Phi) is 2.33. The van der Waals surface area contributed by atoms with E-state index in [0.29, 0.717) is 0 Å². The molecule has 1 amide bonds. The van der Waals surface area contributed by atoms with E-state index in [-0.39, 0.29) is 5.91 Å². The van der Waals surface area contributed by atoms with Crippen molar-refractivity contribution < 1.29 is 4.79 Å². The highest BCUT2D eigenvalue weighted by atomic mass is 16.2. The zero-order chi connectivity index (χ0) is 7.40. The molecule has 0 bridgehead atoms. The summed E-state index contributed by atoms with van der Waals surface area (Å²) in [5, 5.41) is 0. The van der Waals surface area contributed by atoms with Gasteiger partial charge in [-0.25, -0.2) is 0 Å². The second-order valence-electron chi connectivity index (χ2n) is 2.50. The SMILES string of the molecule is C#CC(=O)N1CCCCC1. The van der Waals surface area contributed by atoms with Crippen LogP contribution < -0.4 is 0 Å². The van der Waals surface area contributed by atoms with Crippen LogP contribution in [0.2, 0.25) is 0 Å². The summed E-state index contributed by atoms with van der Waals surface area (Å²) in [7, 11) is 0. The summed E-state index contributed by atoms with van der Waals surface area (Å²) in [4.78, 5) is 12.6. The van der Waals surface area contributed by atoms with E-state index in [2.05, 4.69) is 5.92 Å². The van der Waals surface area contributed by atoms with Gasteiger partial charge in [-0.1, -0.05) is 0 Å². The maximum Gasteiger partial charge on any atom is 0.298 e. The largest absolute Gasteiger partial charge is 0.332 e. The molecule has 0 aromatic carbocycles. The molecule has 1 aliphatic heterocycles. The number of nitrogens with zero attached hydrogens (tertiary/aromatic N) is 1. The Bertz CT molecular complexity index is 163. The van der Waals surface area contributed by atoms with Crippen LogP contribution in [0.5, 0.6) is 0 Å². The first-order chi connectivity index (χ1) is 4.84. The number of carbonyl (C=O) groups is 1. The lowest BCUT2D eigenvalue weighted by Crippen LogP contribution is -2.34. The van der Waals surface area contributed by atoms with Gasteiger partial charge in [-0.2, -0.15) is 0 Å². The predicted octanol–water partition coefficient (Wildman–Crippen LogP) is 0.632. The van der Waals surface area contributed by atoms with E-state index in [1.54, 1.807) is 4.90 Å². The van der Waals surface area contributed by atoms with Crippen LogP contribution in [0.4, 0.5) is 0 Å². The fraction of sp³-hybridized carbons (Fsp3) is 0.625. The van der Waals surface area contributed by atoms with Gasteiger partial charge in [0.05, 0.1) is 0 Å². The molecule has 2 nitrogen and oxygen atoms in total. The highest BCUT2D eigenvalue weighted by Gasteiger charge is 2.13. The maximum absolute atomic E-state index is 10.9. The summed E-state index contributed by atoms with van der Waals surface area (Å²) < 4.78 is 0. The second-order valence-corrected chi connectivity index (χ2v) is 2.50. The lowest BCUT2D eigenvalue weighted by atomic mass is 10.1. The van der Waals surface area contributed by atoms with Gasteiger partial charge in [0.25, 0.3) is 5.91 Å². The number of hydrogen-bond acceptors (Lipinski definition) is 1. The van der Waals surface area contributed by atoms with Crippen LogP contribution in [-0.2, 0) is 4.79 Å². The van der Waals surface area contributed by atoms with Crippen LogP contribution in [0.1, 0.15) is 19.3 Å². The maximum atomic E-state index is 10.9. The first-order valence-electron chi connectivity index (χ1n) is 3.60. The normalized spacial score (nSPS) is 18.1. The molecule has 0 radical (unpaired) electrons. The number of terminal acetylenes is 1. The molecule has 0 spiro atoms. The molecule has 1 heterocycles. The molecule has 0 aliphatic carbocycles. The fourth-order valence-electron chi connectivity index (χ4n) is 1.19. The van der Waals surface area contributed by atoms with Crippen molar-refractivity contribution in [2.45, 2.75) is 19.3 Å². The van der Waals surface area contributed by atoms with E-state index in [0.717, 1.165) is 25.9 Å². The fourth-order valence-corrected chi connectivity index (χ4v) is 1.19. The molecule has 0 aromatic rings. The lowest BCUT2D eigenvalue weighted by molar-refractivity contribution is -0.125. The molecule has 0 atom stereocenters. The monoisotopic (exact) mass is 137 g/mol. The van der Waals surface area contributed by atoms with Gasteiger partial charge in [-0.05, 0) is 25.2 Å². The van der Waals surface area contributed by atoms with E-state index in [9.17, 15) is 4.79 Å². The Morgan fingerprint density at radius 1 is 1.30 bits per heavy atom. The van der Waals surface area contributed by atoms with Crippen LogP contribution >= 0.6 is 0 Å². The lowest BCUT2D eigenvalue weighted by Gasteiger charge is -2.24. The Labute approximate surface area is 61.2 Å². The summed E-state index contributed by atoms with van der Waals surface area (Å²) in [6.45, 7) is 1.70. The molecule has 0 saturated carbocycles. The van der Waals surface area contributed by atoms with E-state index < -0.39 is 0 Å². The van der Waals surface area contributed by atoms with E-state index in [1.807, 2.05) is 0 Å². The van der Waals surface area contributed by atoms with Crippen LogP contribution in [0, 0.1) is 12.3 Å². The van der Waals surface area contributed by atoms with Crippen molar-refractivity contribution in [3.63, 3.8) is 0 Å². The number of likely N-dealkylation sites (tertiary alicyclic amines) is 1. The first-order valence-corrected chi connectivity index (χ1v) is 3.60. The van der Waals surface area contributed by atoms with Crippen molar-refractivity contribution in [2.75, 3.05) is 13.1 Å². The minimum atomic E-state index is -0.153. The van der Waals surface area contributed by atoms with Crippen LogP contribution in [-0.4, -0.2) is 23.9 Å². The summed E-state index contributed by atoms with van der Waals surface area (Å²) >= 11 is 0. The average Bonchev–Trinajstić information content (AvgIpc) is 2.05. The smallest absolute Gasteiger partial charge is 0.298 e. The van der Waals surface area contributed by atoms with Gasteiger partial charge < -0.3 is 4.90 Å². The zero-order valence-corrected chi connectivity index (χ0v) is 5.97. The van der Waals surface area contributed by atoms with Crippen molar-refractivity contribution in [3.05, 3.63) is 0 Å². The number of piperidine rings is 1. The molecule has 1 saturated heterocycles. The first kappa shape index (κ1) is 7.14. The highest BCUT2D eigenvalue weighted by Crippen LogP contribution is 2.07. The van der Waals surface area contributed by atoms with Crippen LogP contribution in [0.25, 0.3) is 0 Å². The molecule has 2 heteroatoms. The molecule has 10 heavy (non-hydrogen) atoms. The molecule has 0 N–H and O–H groups in total. The molecular weight excluding hydrogens is 126 g/mol. The number of amides is 1. The van der Waals surface area contributed by atoms with Gasteiger partial charge >= 0.3 is 0 Å². The Hall–Kier alpha value is -0.970. The topological polar surface area (TPSA) is 20.3 Å². The third-order valence-electron chi connectivity index (χ3n) is 1.77. The van der Waals surface area contributed by atoms with Crippen molar-refractivity contribution in [1.29, 1.82) is 0 Å². The summed E-state index contributed by atoms with van der Waals surface area (Å²) in [6, 6.07) is 0. The van der Waals surface area contributed by atoms with Crippen LogP contribution in [0.3, 0.4) is 0 Å². The van der Waals surface area contributed by atoms with E-state index >= 15 is 0 Å². The van der Waals surface area contributed by atoms with E-state index in [1.165, 1.54) is 6.42 Å². The standard InChI is InChI=1S/C8H11NO/c1-2-8(10)9-6-4-3-5-7-9/h1H,3-7H2. The minimum Gasteiger partial charge on any atom is -0.332 e. The zero-order valence-electron chi connectivity index (χ0n) is 5.97. The molecule has 1 fully saturated rings.